The van der Waals surface area contributed by atoms with Crippen molar-refractivity contribution in [2.45, 2.75) is 37.2 Å². The number of halogens is 1. The molecule has 3 rings (SSSR count). The molecule has 0 spiro atoms. The lowest BCUT2D eigenvalue weighted by Crippen LogP contribution is -2.28. The van der Waals surface area contributed by atoms with E-state index in [1.165, 1.54) is 6.33 Å². The minimum absolute atomic E-state index is 0.0978. The lowest BCUT2D eigenvalue weighted by Gasteiger charge is -2.27. The van der Waals surface area contributed by atoms with Crippen molar-refractivity contribution >= 4 is 33.1 Å². The average Bonchev–Trinajstić information content (AvgIpc) is 2.98. The molecule has 2 aromatic rings. The van der Waals surface area contributed by atoms with Gasteiger partial charge in [-0.2, -0.15) is 0 Å². The van der Waals surface area contributed by atoms with Crippen molar-refractivity contribution in [1.82, 2.24) is 9.97 Å². The van der Waals surface area contributed by atoms with Gasteiger partial charge in [-0.1, -0.05) is 11.6 Å². The molecule has 134 valence electrons. The van der Waals surface area contributed by atoms with Gasteiger partial charge in [-0.25, -0.2) is 23.5 Å². The van der Waals surface area contributed by atoms with Crippen LogP contribution >= 0.6 is 11.6 Å². The van der Waals surface area contributed by atoms with E-state index in [1.54, 1.807) is 18.2 Å². The van der Waals surface area contributed by atoms with Gasteiger partial charge in [0.15, 0.2) is 0 Å². The monoisotopic (exact) mass is 381 g/mol. The van der Waals surface area contributed by atoms with Gasteiger partial charge in [0.25, 0.3) is 0 Å². The van der Waals surface area contributed by atoms with E-state index in [2.05, 4.69) is 27.1 Å². The molecule has 1 unspecified atom stereocenters. The highest BCUT2D eigenvalue weighted by atomic mass is 35.5. The number of anilines is 2. The Balaban J connectivity index is 1.93. The maximum Gasteiger partial charge on any atom is 0.238 e. The molecule has 0 saturated carbocycles. The predicted molar refractivity (Wildman–Crippen MR) is 98.2 cm³/mol. The highest BCUT2D eigenvalue weighted by molar-refractivity contribution is 7.89. The summed E-state index contributed by atoms with van der Waals surface area (Å²) in [6.45, 7) is 3.51. The van der Waals surface area contributed by atoms with Gasteiger partial charge in [0.1, 0.15) is 17.3 Å². The molecule has 7 nitrogen and oxygen atoms in total. The third-order valence-corrected chi connectivity index (χ3v) is 5.45. The minimum atomic E-state index is -3.76. The normalized spacial score (nSPS) is 17.7. The fraction of sp³-hybridized carbons (Fsp3) is 0.375. The molecule has 0 radical (unpaired) electrons. The smallest absolute Gasteiger partial charge is 0.238 e. The molecule has 9 heteroatoms. The van der Waals surface area contributed by atoms with Crippen LogP contribution in [0.15, 0.2) is 35.5 Å². The molecular formula is C16H20ClN5O2S. The van der Waals surface area contributed by atoms with E-state index < -0.39 is 10.0 Å². The van der Waals surface area contributed by atoms with E-state index in [0.717, 1.165) is 30.6 Å². The van der Waals surface area contributed by atoms with Crippen LogP contribution < -0.4 is 15.4 Å². The van der Waals surface area contributed by atoms with E-state index in [-0.39, 0.29) is 4.90 Å². The van der Waals surface area contributed by atoms with Gasteiger partial charge in [-0.05, 0) is 43.5 Å². The molecule has 1 saturated heterocycles. The fourth-order valence-electron chi connectivity index (χ4n) is 3.07. The topological polar surface area (TPSA) is 101 Å². The predicted octanol–water partition coefficient (Wildman–Crippen LogP) is 2.38. The van der Waals surface area contributed by atoms with E-state index in [4.69, 9.17) is 16.7 Å². The Hall–Kier alpha value is -1.90. The molecule has 0 bridgehead atoms. The molecule has 1 atom stereocenters. The van der Waals surface area contributed by atoms with Crippen molar-refractivity contribution in [3.63, 3.8) is 0 Å². The largest absolute Gasteiger partial charge is 0.369 e. The number of benzene rings is 1. The van der Waals surface area contributed by atoms with E-state index in [9.17, 15) is 8.42 Å². The Bertz CT molecular complexity index is 875. The summed E-state index contributed by atoms with van der Waals surface area (Å²) in [7, 11) is -3.76. The van der Waals surface area contributed by atoms with Gasteiger partial charge in [0.2, 0.25) is 10.0 Å². The summed E-state index contributed by atoms with van der Waals surface area (Å²) in [5.41, 5.74) is 1.85. The summed E-state index contributed by atoms with van der Waals surface area (Å²) in [6.07, 6.45) is 3.60. The van der Waals surface area contributed by atoms with Crippen LogP contribution in [0.25, 0.3) is 0 Å². The molecule has 1 aromatic carbocycles. The number of hydrogen-bond acceptors (Lipinski definition) is 6. The number of nitrogens with two attached hydrogens (primary N) is 1. The zero-order valence-corrected chi connectivity index (χ0v) is 15.4. The first kappa shape index (κ1) is 17.9. The van der Waals surface area contributed by atoms with Gasteiger partial charge in [0.05, 0.1) is 4.90 Å². The molecule has 1 aliphatic heterocycles. The Morgan fingerprint density at radius 2 is 2.16 bits per heavy atom. The lowest BCUT2D eigenvalue weighted by molar-refractivity contribution is 0.597. The third kappa shape index (κ3) is 4.20. The quantitative estimate of drug-likeness (QED) is 0.771. The number of nitrogens with one attached hydrogen (secondary N) is 1. The molecule has 1 fully saturated rings. The molecule has 3 N–H and O–H groups in total. The Kier molecular flexibility index (Phi) is 5.12. The van der Waals surface area contributed by atoms with Crippen molar-refractivity contribution in [2.24, 2.45) is 5.14 Å². The van der Waals surface area contributed by atoms with Crippen LogP contribution in [0, 0.1) is 0 Å². The van der Waals surface area contributed by atoms with Crippen molar-refractivity contribution in [3.05, 3.63) is 41.3 Å². The molecule has 1 aromatic heterocycles. The zero-order valence-electron chi connectivity index (χ0n) is 13.8. The highest BCUT2D eigenvalue weighted by Gasteiger charge is 2.23. The standard InChI is InChI=1S/C16H20ClN5O2S/c1-11-3-2-6-22(11)14-5-4-13(25(18,23)24)7-12(14)9-19-16-8-15(17)20-10-21-16/h4-5,7-8,10-11H,2-3,6,9H2,1H3,(H2,18,23,24)(H,19,20,21). The van der Waals surface area contributed by atoms with Gasteiger partial charge in [-0.3, -0.25) is 0 Å². The van der Waals surface area contributed by atoms with Crippen molar-refractivity contribution in [1.29, 1.82) is 0 Å². The molecule has 1 aliphatic rings. The molecule has 0 aliphatic carbocycles. The number of sulfonamides is 1. The molecule has 25 heavy (non-hydrogen) atoms. The SMILES string of the molecule is CC1CCCN1c1ccc(S(N)(=O)=O)cc1CNc1cc(Cl)ncn1. The summed E-state index contributed by atoms with van der Waals surface area (Å²) in [5.74, 6) is 0.571. The fourth-order valence-corrected chi connectivity index (χ4v) is 3.78. The van der Waals surface area contributed by atoms with Crippen LogP contribution in [-0.2, 0) is 16.6 Å². The van der Waals surface area contributed by atoms with Crippen LogP contribution in [-0.4, -0.2) is 31.0 Å². The Labute approximate surface area is 152 Å². The summed E-state index contributed by atoms with van der Waals surface area (Å²) < 4.78 is 23.4. The number of aromatic nitrogens is 2. The third-order valence-electron chi connectivity index (χ3n) is 4.34. The van der Waals surface area contributed by atoms with Gasteiger partial charge in [-0.15, -0.1) is 0 Å². The van der Waals surface area contributed by atoms with Crippen molar-refractivity contribution in [3.8, 4) is 0 Å². The number of primary sulfonamides is 1. The zero-order chi connectivity index (χ0) is 18.0. The van der Waals surface area contributed by atoms with Crippen LogP contribution in [0.2, 0.25) is 5.15 Å². The maximum atomic E-state index is 11.7. The van der Waals surface area contributed by atoms with Gasteiger partial charge >= 0.3 is 0 Å². The van der Waals surface area contributed by atoms with Crippen LogP contribution in [0.3, 0.4) is 0 Å². The first-order valence-electron chi connectivity index (χ1n) is 7.98. The second-order valence-corrected chi connectivity index (χ2v) is 8.05. The average molecular weight is 382 g/mol. The van der Waals surface area contributed by atoms with Crippen molar-refractivity contribution in [2.75, 3.05) is 16.8 Å². The lowest BCUT2D eigenvalue weighted by atomic mass is 10.1. The summed E-state index contributed by atoms with van der Waals surface area (Å²) in [4.78, 5) is 10.3. The summed E-state index contributed by atoms with van der Waals surface area (Å²) in [5, 5.41) is 8.78. The summed E-state index contributed by atoms with van der Waals surface area (Å²) >= 11 is 5.87. The van der Waals surface area contributed by atoms with Crippen molar-refractivity contribution < 1.29 is 8.42 Å². The molecule has 0 amide bonds. The van der Waals surface area contributed by atoms with Gasteiger partial charge < -0.3 is 10.2 Å². The Morgan fingerprint density at radius 1 is 1.36 bits per heavy atom. The minimum Gasteiger partial charge on any atom is -0.369 e. The molecule has 2 heterocycles. The van der Waals surface area contributed by atoms with E-state index >= 15 is 0 Å². The number of rotatable bonds is 5. The first-order chi connectivity index (χ1) is 11.8. The van der Waals surface area contributed by atoms with Crippen LogP contribution in [0.5, 0.6) is 0 Å². The summed E-state index contributed by atoms with van der Waals surface area (Å²) in [6, 6.07) is 7.02. The maximum absolute atomic E-state index is 11.7. The first-order valence-corrected chi connectivity index (χ1v) is 9.91. The second-order valence-electron chi connectivity index (χ2n) is 6.10. The van der Waals surface area contributed by atoms with E-state index in [1.807, 2.05) is 6.07 Å². The number of hydrogen-bond donors (Lipinski definition) is 2. The number of nitrogens with zero attached hydrogens (tertiary/aromatic N) is 3. The van der Waals surface area contributed by atoms with Crippen LogP contribution in [0.1, 0.15) is 25.3 Å². The van der Waals surface area contributed by atoms with Crippen LogP contribution in [0.4, 0.5) is 11.5 Å². The molecular weight excluding hydrogens is 362 g/mol. The van der Waals surface area contributed by atoms with Gasteiger partial charge in [0, 0.05) is 30.9 Å². The van der Waals surface area contributed by atoms with E-state index in [0.29, 0.717) is 23.6 Å². The highest BCUT2D eigenvalue weighted by Crippen LogP contribution is 2.30. The Morgan fingerprint density at radius 3 is 2.80 bits per heavy atom. The second kappa shape index (κ2) is 7.15.